The van der Waals surface area contributed by atoms with Crippen LogP contribution in [0, 0.1) is 5.82 Å². The smallest absolute Gasteiger partial charge is 0.179 e. The number of thioether (sulfide) groups is 1. The summed E-state index contributed by atoms with van der Waals surface area (Å²) in [6.45, 7) is 2.07. The van der Waals surface area contributed by atoms with Crippen LogP contribution in [0.4, 0.5) is 4.39 Å². The Morgan fingerprint density at radius 3 is 2.79 bits per heavy atom. The summed E-state index contributed by atoms with van der Waals surface area (Å²) < 4.78 is 19.4. The highest BCUT2D eigenvalue weighted by Gasteiger charge is 2.12. The van der Waals surface area contributed by atoms with E-state index in [9.17, 15) is 4.39 Å². The molecule has 1 nitrogen and oxygen atoms in total. The molecular weight excluding hydrogens is 267 g/mol. The van der Waals surface area contributed by atoms with Crippen LogP contribution < -0.4 is 4.74 Å². The van der Waals surface area contributed by atoms with Crippen molar-refractivity contribution in [3.8, 4) is 5.75 Å². The maximum atomic E-state index is 13.7. The van der Waals surface area contributed by atoms with E-state index in [1.165, 1.54) is 18.9 Å². The van der Waals surface area contributed by atoms with Crippen molar-refractivity contribution in [2.24, 2.45) is 0 Å². The first-order valence-corrected chi connectivity index (χ1v) is 6.13. The van der Waals surface area contributed by atoms with Crippen LogP contribution in [0.3, 0.4) is 0 Å². The first-order valence-electron chi connectivity index (χ1n) is 4.35. The van der Waals surface area contributed by atoms with Crippen LogP contribution >= 0.6 is 27.7 Å². The molecule has 0 radical (unpaired) electrons. The van der Waals surface area contributed by atoms with Gasteiger partial charge >= 0.3 is 0 Å². The molecule has 0 bridgehead atoms. The fourth-order valence-corrected chi connectivity index (χ4v) is 2.50. The van der Waals surface area contributed by atoms with Crippen LogP contribution in [0.1, 0.15) is 13.3 Å². The Morgan fingerprint density at radius 2 is 2.21 bits per heavy atom. The van der Waals surface area contributed by atoms with Gasteiger partial charge in [-0.05, 0) is 40.2 Å². The lowest BCUT2D eigenvalue weighted by Crippen LogP contribution is -1.91. The van der Waals surface area contributed by atoms with Crippen molar-refractivity contribution in [1.29, 1.82) is 0 Å². The van der Waals surface area contributed by atoms with E-state index >= 15 is 0 Å². The maximum Gasteiger partial charge on any atom is 0.179 e. The Morgan fingerprint density at radius 1 is 1.50 bits per heavy atom. The second-order valence-electron chi connectivity index (χ2n) is 2.74. The average Bonchev–Trinajstić information content (AvgIpc) is 2.18. The Bertz CT molecular complexity index is 317. The van der Waals surface area contributed by atoms with Gasteiger partial charge in [0.05, 0.1) is 12.0 Å². The van der Waals surface area contributed by atoms with Crippen molar-refractivity contribution in [2.45, 2.75) is 18.2 Å². The minimum Gasteiger partial charge on any atom is -0.494 e. The van der Waals surface area contributed by atoms with E-state index in [1.54, 1.807) is 12.1 Å². The molecule has 0 aromatic heterocycles. The van der Waals surface area contributed by atoms with Gasteiger partial charge in [-0.1, -0.05) is 6.92 Å². The predicted octanol–water partition coefficient (Wildman–Crippen LogP) is 4.10. The molecule has 0 N–H and O–H groups in total. The molecule has 0 amide bonds. The monoisotopic (exact) mass is 278 g/mol. The van der Waals surface area contributed by atoms with Crippen molar-refractivity contribution in [3.05, 3.63) is 22.4 Å². The fraction of sp³-hybridized carbons (Fsp3) is 0.400. The molecule has 0 spiro atoms. The summed E-state index contributed by atoms with van der Waals surface area (Å²) in [6.07, 6.45) is 1.02. The lowest BCUT2D eigenvalue weighted by atomic mass is 10.3. The summed E-state index contributed by atoms with van der Waals surface area (Å²) in [7, 11) is 1.47. The molecule has 0 aliphatic heterocycles. The minimum atomic E-state index is -0.277. The van der Waals surface area contributed by atoms with E-state index in [4.69, 9.17) is 4.74 Å². The molecular formula is C10H12BrFOS. The third-order valence-corrected chi connectivity index (χ3v) is 3.91. The highest BCUT2D eigenvalue weighted by molar-refractivity contribution is 9.10. The van der Waals surface area contributed by atoms with Crippen LogP contribution in [0.5, 0.6) is 5.75 Å². The SMILES string of the molecule is CCCSc1c(Br)ccc(OC)c1F. The van der Waals surface area contributed by atoms with E-state index in [0.717, 1.165) is 16.6 Å². The van der Waals surface area contributed by atoms with Gasteiger partial charge in [0.2, 0.25) is 0 Å². The van der Waals surface area contributed by atoms with E-state index in [1.807, 2.05) is 0 Å². The first-order chi connectivity index (χ1) is 6.70. The molecule has 0 fully saturated rings. The molecule has 1 rings (SSSR count). The lowest BCUT2D eigenvalue weighted by molar-refractivity contribution is 0.381. The van der Waals surface area contributed by atoms with E-state index in [2.05, 4.69) is 22.9 Å². The summed E-state index contributed by atoms with van der Waals surface area (Å²) in [5.74, 6) is 0.926. The molecule has 4 heteroatoms. The minimum absolute atomic E-state index is 0.277. The third-order valence-electron chi connectivity index (χ3n) is 1.68. The second kappa shape index (κ2) is 5.61. The molecule has 14 heavy (non-hydrogen) atoms. The Labute approximate surface area is 96.2 Å². The summed E-state index contributed by atoms with van der Waals surface area (Å²) in [4.78, 5) is 0.631. The van der Waals surface area contributed by atoms with E-state index < -0.39 is 0 Å². The molecule has 1 aromatic rings. The molecule has 0 heterocycles. The molecule has 1 aromatic carbocycles. The van der Waals surface area contributed by atoms with Crippen molar-refractivity contribution in [1.82, 2.24) is 0 Å². The van der Waals surface area contributed by atoms with Gasteiger partial charge in [-0.15, -0.1) is 11.8 Å². The summed E-state index contributed by atoms with van der Waals surface area (Å²) in [5, 5.41) is 0. The zero-order valence-corrected chi connectivity index (χ0v) is 10.5. The van der Waals surface area contributed by atoms with Crippen LogP contribution in [0.2, 0.25) is 0 Å². The normalized spacial score (nSPS) is 10.3. The number of methoxy groups -OCH3 is 1. The molecule has 78 valence electrons. The van der Waals surface area contributed by atoms with Crippen molar-refractivity contribution in [2.75, 3.05) is 12.9 Å². The number of benzene rings is 1. The average molecular weight is 279 g/mol. The predicted molar refractivity (Wildman–Crippen MR) is 61.7 cm³/mol. The number of halogens is 2. The maximum absolute atomic E-state index is 13.7. The van der Waals surface area contributed by atoms with Crippen molar-refractivity contribution >= 4 is 27.7 Å². The number of rotatable bonds is 4. The third kappa shape index (κ3) is 2.64. The summed E-state index contributed by atoms with van der Waals surface area (Å²) in [5.41, 5.74) is 0. The highest BCUT2D eigenvalue weighted by Crippen LogP contribution is 2.35. The van der Waals surface area contributed by atoms with Crippen molar-refractivity contribution in [3.63, 3.8) is 0 Å². The van der Waals surface area contributed by atoms with Gasteiger partial charge in [-0.2, -0.15) is 0 Å². The quantitative estimate of drug-likeness (QED) is 0.767. The van der Waals surface area contributed by atoms with Gasteiger partial charge in [0, 0.05) is 4.47 Å². The summed E-state index contributed by atoms with van der Waals surface area (Å²) >= 11 is 4.83. The summed E-state index contributed by atoms with van der Waals surface area (Å²) in [6, 6.07) is 3.43. The van der Waals surface area contributed by atoms with Gasteiger partial charge in [0.15, 0.2) is 11.6 Å². The van der Waals surface area contributed by atoms with Crippen molar-refractivity contribution < 1.29 is 9.13 Å². The second-order valence-corrected chi connectivity index (χ2v) is 4.70. The van der Waals surface area contributed by atoms with Gasteiger partial charge in [0.25, 0.3) is 0 Å². The fourth-order valence-electron chi connectivity index (χ4n) is 1.01. The largest absolute Gasteiger partial charge is 0.494 e. The van der Waals surface area contributed by atoms with Gasteiger partial charge in [-0.3, -0.25) is 0 Å². The van der Waals surface area contributed by atoms with Crippen LogP contribution in [-0.2, 0) is 0 Å². The van der Waals surface area contributed by atoms with E-state index in [-0.39, 0.29) is 5.82 Å². The molecule has 0 aliphatic rings. The zero-order valence-electron chi connectivity index (χ0n) is 8.14. The first kappa shape index (κ1) is 11.9. The van der Waals surface area contributed by atoms with Gasteiger partial charge < -0.3 is 4.74 Å². The molecule has 0 saturated heterocycles. The number of ether oxygens (including phenoxy) is 1. The lowest BCUT2D eigenvalue weighted by Gasteiger charge is -2.08. The van der Waals surface area contributed by atoms with E-state index in [0.29, 0.717) is 10.6 Å². The Kier molecular flexibility index (Phi) is 4.75. The van der Waals surface area contributed by atoms with Crippen LogP contribution in [0.15, 0.2) is 21.5 Å². The molecule has 0 saturated carbocycles. The molecule has 0 atom stereocenters. The topological polar surface area (TPSA) is 9.23 Å². The zero-order chi connectivity index (χ0) is 10.6. The standard InChI is InChI=1S/C10H12BrFOS/c1-3-6-14-10-7(11)4-5-8(13-2)9(10)12/h4-5H,3,6H2,1-2H3. The van der Waals surface area contributed by atoms with Crippen LogP contribution in [0.25, 0.3) is 0 Å². The molecule has 0 aliphatic carbocycles. The van der Waals surface area contributed by atoms with Gasteiger partial charge in [-0.25, -0.2) is 4.39 Å². The number of hydrogen-bond donors (Lipinski definition) is 0. The van der Waals surface area contributed by atoms with Gasteiger partial charge in [0.1, 0.15) is 0 Å². The Hall–Kier alpha value is -0.220. The number of hydrogen-bond acceptors (Lipinski definition) is 2. The highest BCUT2D eigenvalue weighted by atomic mass is 79.9. The van der Waals surface area contributed by atoms with Crippen LogP contribution in [-0.4, -0.2) is 12.9 Å². The molecule has 0 unspecified atom stereocenters. The Balaban J connectivity index is 2.99.